The maximum atomic E-state index is 12.2. The number of carbonyl (C=O) groups is 1. The second-order valence-corrected chi connectivity index (χ2v) is 5.28. The van der Waals surface area contributed by atoms with Gasteiger partial charge in [0.15, 0.2) is 0 Å². The van der Waals surface area contributed by atoms with Gasteiger partial charge in [-0.3, -0.25) is 4.79 Å². The van der Waals surface area contributed by atoms with E-state index >= 15 is 0 Å². The van der Waals surface area contributed by atoms with Crippen LogP contribution in [0.15, 0.2) is 24.3 Å². The summed E-state index contributed by atoms with van der Waals surface area (Å²) in [5.74, 6) is 0.414. The third-order valence-electron chi connectivity index (χ3n) is 3.69. The van der Waals surface area contributed by atoms with Gasteiger partial charge in [-0.1, -0.05) is 36.7 Å². The van der Waals surface area contributed by atoms with Gasteiger partial charge in [-0.2, -0.15) is 0 Å². The highest BCUT2D eigenvalue weighted by Crippen LogP contribution is 2.25. The molecule has 1 aliphatic rings. The number of amides is 1. The first-order chi connectivity index (χ1) is 8.63. The predicted molar refractivity (Wildman–Crippen MR) is 71.5 cm³/mol. The number of aliphatic hydroxyl groups is 1. The van der Waals surface area contributed by atoms with E-state index in [2.05, 4.69) is 6.92 Å². The van der Waals surface area contributed by atoms with Crippen molar-refractivity contribution in [3.8, 4) is 0 Å². The van der Waals surface area contributed by atoms with E-state index in [1.54, 1.807) is 11.0 Å². The van der Waals surface area contributed by atoms with Crippen LogP contribution in [-0.4, -0.2) is 35.1 Å². The second-order valence-electron chi connectivity index (χ2n) is 4.87. The molecule has 0 bridgehead atoms. The van der Waals surface area contributed by atoms with E-state index in [0.717, 1.165) is 18.5 Å². The molecular weight excluding hydrogens is 250 g/mol. The van der Waals surface area contributed by atoms with E-state index in [-0.39, 0.29) is 18.6 Å². The van der Waals surface area contributed by atoms with Gasteiger partial charge in [-0.25, -0.2) is 0 Å². The lowest BCUT2D eigenvalue weighted by molar-refractivity contribution is -0.132. The van der Waals surface area contributed by atoms with Crippen LogP contribution in [0.3, 0.4) is 0 Å². The van der Waals surface area contributed by atoms with Gasteiger partial charge in [0.2, 0.25) is 5.91 Å². The average molecular weight is 268 g/mol. The SMILES string of the molecule is CC1CCN(C(=O)Cc2ccccc2Cl)C1CO. The molecule has 1 aromatic carbocycles. The standard InChI is InChI=1S/C14H18ClNO2/c1-10-6-7-16(13(10)9-17)14(18)8-11-4-2-3-5-12(11)15/h2-5,10,13,17H,6-9H2,1H3. The first kappa shape index (κ1) is 13.4. The minimum atomic E-state index is -0.0417. The van der Waals surface area contributed by atoms with E-state index in [4.69, 9.17) is 11.6 Å². The summed E-state index contributed by atoms with van der Waals surface area (Å²) in [7, 11) is 0. The largest absolute Gasteiger partial charge is 0.394 e. The van der Waals surface area contributed by atoms with Crippen molar-refractivity contribution in [3.05, 3.63) is 34.9 Å². The van der Waals surface area contributed by atoms with Crippen molar-refractivity contribution in [2.75, 3.05) is 13.2 Å². The zero-order valence-electron chi connectivity index (χ0n) is 10.5. The Bertz CT molecular complexity index is 436. The molecule has 1 saturated heterocycles. The molecule has 1 aromatic rings. The molecule has 2 atom stereocenters. The molecule has 0 aliphatic carbocycles. The highest BCUT2D eigenvalue weighted by molar-refractivity contribution is 6.31. The van der Waals surface area contributed by atoms with Gasteiger partial charge in [-0.05, 0) is 24.0 Å². The summed E-state index contributed by atoms with van der Waals surface area (Å²) in [4.78, 5) is 14.0. The highest BCUT2D eigenvalue weighted by Gasteiger charge is 2.33. The van der Waals surface area contributed by atoms with Gasteiger partial charge in [0.1, 0.15) is 0 Å². The van der Waals surface area contributed by atoms with Gasteiger partial charge in [0.25, 0.3) is 0 Å². The zero-order valence-corrected chi connectivity index (χ0v) is 11.2. The fraction of sp³-hybridized carbons (Fsp3) is 0.500. The third-order valence-corrected chi connectivity index (χ3v) is 4.06. The molecule has 2 rings (SSSR count). The average Bonchev–Trinajstić information content (AvgIpc) is 2.73. The Morgan fingerprint density at radius 1 is 1.50 bits per heavy atom. The van der Waals surface area contributed by atoms with Crippen LogP contribution in [0.25, 0.3) is 0 Å². The molecule has 0 spiro atoms. The van der Waals surface area contributed by atoms with E-state index in [1.165, 1.54) is 0 Å². The summed E-state index contributed by atoms with van der Waals surface area (Å²) in [6.45, 7) is 2.84. The third kappa shape index (κ3) is 2.68. The smallest absolute Gasteiger partial charge is 0.227 e. The Balaban J connectivity index is 2.07. The number of aliphatic hydroxyl groups excluding tert-OH is 1. The molecule has 1 aliphatic heterocycles. The summed E-state index contributed by atoms with van der Waals surface area (Å²) in [5, 5.41) is 9.98. The highest BCUT2D eigenvalue weighted by atomic mass is 35.5. The summed E-state index contributed by atoms with van der Waals surface area (Å²) >= 11 is 6.05. The van der Waals surface area contributed by atoms with Gasteiger partial charge in [-0.15, -0.1) is 0 Å². The van der Waals surface area contributed by atoms with E-state index < -0.39 is 0 Å². The molecule has 1 amide bonds. The van der Waals surface area contributed by atoms with E-state index in [1.807, 2.05) is 18.2 Å². The molecule has 98 valence electrons. The molecular formula is C14H18ClNO2. The maximum Gasteiger partial charge on any atom is 0.227 e. The molecule has 1 fully saturated rings. The number of carbonyl (C=O) groups excluding carboxylic acids is 1. The Morgan fingerprint density at radius 3 is 2.89 bits per heavy atom. The van der Waals surface area contributed by atoms with Crippen LogP contribution in [-0.2, 0) is 11.2 Å². The fourth-order valence-corrected chi connectivity index (χ4v) is 2.71. The number of hydrogen-bond donors (Lipinski definition) is 1. The number of hydrogen-bond acceptors (Lipinski definition) is 2. The van der Waals surface area contributed by atoms with E-state index in [9.17, 15) is 9.90 Å². The van der Waals surface area contributed by atoms with Crippen LogP contribution in [0.1, 0.15) is 18.9 Å². The molecule has 1 N–H and O–H groups in total. The lowest BCUT2D eigenvalue weighted by Crippen LogP contribution is -2.40. The van der Waals surface area contributed by atoms with Crippen LogP contribution in [0.5, 0.6) is 0 Å². The Kier molecular flexibility index (Phi) is 4.25. The Morgan fingerprint density at radius 2 is 2.22 bits per heavy atom. The molecule has 2 unspecified atom stereocenters. The van der Waals surface area contributed by atoms with Crippen LogP contribution in [0.2, 0.25) is 5.02 Å². The van der Waals surface area contributed by atoms with Crippen molar-refractivity contribution in [3.63, 3.8) is 0 Å². The topological polar surface area (TPSA) is 40.5 Å². The summed E-state index contributed by atoms with van der Waals surface area (Å²) in [6.07, 6.45) is 1.27. The van der Waals surface area contributed by atoms with Crippen molar-refractivity contribution in [2.24, 2.45) is 5.92 Å². The number of benzene rings is 1. The lowest BCUT2D eigenvalue weighted by Gasteiger charge is -2.25. The van der Waals surface area contributed by atoms with Crippen molar-refractivity contribution < 1.29 is 9.90 Å². The summed E-state index contributed by atoms with van der Waals surface area (Å²) in [6, 6.07) is 7.35. The van der Waals surface area contributed by atoms with Gasteiger partial charge < -0.3 is 10.0 Å². The maximum absolute atomic E-state index is 12.2. The van der Waals surface area contributed by atoms with Crippen molar-refractivity contribution >= 4 is 17.5 Å². The predicted octanol–water partition coefficient (Wildman–Crippen LogP) is 2.11. The number of nitrogens with zero attached hydrogens (tertiary/aromatic N) is 1. The normalized spacial score (nSPS) is 23.4. The fourth-order valence-electron chi connectivity index (χ4n) is 2.50. The number of halogens is 1. The first-order valence-electron chi connectivity index (χ1n) is 6.27. The van der Waals surface area contributed by atoms with Gasteiger partial charge in [0, 0.05) is 11.6 Å². The molecule has 3 nitrogen and oxygen atoms in total. The zero-order chi connectivity index (χ0) is 13.1. The molecule has 4 heteroatoms. The Hall–Kier alpha value is -1.06. The van der Waals surface area contributed by atoms with Crippen LogP contribution >= 0.6 is 11.6 Å². The van der Waals surface area contributed by atoms with E-state index in [0.29, 0.717) is 17.4 Å². The van der Waals surface area contributed by atoms with Crippen molar-refractivity contribution in [1.82, 2.24) is 4.90 Å². The summed E-state index contributed by atoms with van der Waals surface area (Å²) < 4.78 is 0. The van der Waals surface area contributed by atoms with Crippen LogP contribution in [0.4, 0.5) is 0 Å². The molecule has 0 radical (unpaired) electrons. The molecule has 18 heavy (non-hydrogen) atoms. The molecule has 0 aromatic heterocycles. The number of rotatable bonds is 3. The molecule has 0 saturated carbocycles. The van der Waals surface area contributed by atoms with Crippen LogP contribution in [0, 0.1) is 5.92 Å². The molecule has 1 heterocycles. The lowest BCUT2D eigenvalue weighted by atomic mass is 10.0. The second kappa shape index (κ2) is 5.72. The Labute approximate surface area is 112 Å². The first-order valence-corrected chi connectivity index (χ1v) is 6.65. The number of likely N-dealkylation sites (tertiary alicyclic amines) is 1. The van der Waals surface area contributed by atoms with Crippen molar-refractivity contribution in [2.45, 2.75) is 25.8 Å². The summed E-state index contributed by atoms with van der Waals surface area (Å²) in [5.41, 5.74) is 0.848. The van der Waals surface area contributed by atoms with Crippen molar-refractivity contribution in [1.29, 1.82) is 0 Å². The van der Waals surface area contributed by atoms with Gasteiger partial charge >= 0.3 is 0 Å². The monoisotopic (exact) mass is 267 g/mol. The minimum Gasteiger partial charge on any atom is -0.394 e. The minimum absolute atomic E-state index is 0.0371. The van der Waals surface area contributed by atoms with Gasteiger partial charge in [0.05, 0.1) is 19.1 Å². The van der Waals surface area contributed by atoms with Crippen LogP contribution < -0.4 is 0 Å². The quantitative estimate of drug-likeness (QED) is 0.911.